The molecule has 7 heteroatoms. The lowest BCUT2D eigenvalue weighted by Crippen LogP contribution is -2.48. The Hall–Kier alpha value is -2.27. The van der Waals surface area contributed by atoms with E-state index in [9.17, 15) is 4.79 Å². The average Bonchev–Trinajstić information content (AvgIpc) is 3.01. The van der Waals surface area contributed by atoms with E-state index >= 15 is 0 Å². The third kappa shape index (κ3) is 7.62. The minimum atomic E-state index is -0.168. The summed E-state index contributed by atoms with van der Waals surface area (Å²) < 4.78 is 0. The lowest BCUT2D eigenvalue weighted by Gasteiger charge is -2.43. The molecule has 0 aromatic heterocycles. The fourth-order valence-corrected chi connectivity index (χ4v) is 6.90. The normalized spacial score (nSPS) is 22.0. The number of nitrogens with one attached hydrogen (secondary N) is 1. The Morgan fingerprint density at radius 3 is 1.90 bits per heavy atom. The molecule has 0 spiro atoms. The predicted molar refractivity (Wildman–Crippen MR) is 180 cm³/mol. The van der Waals surface area contributed by atoms with Crippen molar-refractivity contribution in [2.75, 3.05) is 26.2 Å². The summed E-state index contributed by atoms with van der Waals surface area (Å²) in [5.74, 6) is 0.0776. The van der Waals surface area contributed by atoms with Crippen molar-refractivity contribution in [3.05, 3.63) is 129 Å². The zero-order valence-corrected chi connectivity index (χ0v) is 26.9. The fourth-order valence-electron chi connectivity index (χ4n) is 6.30. The van der Waals surface area contributed by atoms with Crippen molar-refractivity contribution in [2.24, 2.45) is 0 Å². The van der Waals surface area contributed by atoms with Crippen LogP contribution >= 0.6 is 46.4 Å². The molecule has 1 N–H and O–H groups in total. The SMILES string of the molecule is C=CC[C@]1(c2ccc(Cl)c(Cl)c2)CCCN(C(=O)c2ccccc2)C1.C=CC[C@]1(c2ccc(Cl)c(Cl)c2)CCCNC1. The molecule has 222 valence electrons. The second-order valence-corrected chi connectivity index (χ2v) is 12.9. The summed E-state index contributed by atoms with van der Waals surface area (Å²) in [5.41, 5.74) is 3.07. The predicted octanol–water partition coefficient (Wildman–Crippen LogP) is 9.93. The van der Waals surface area contributed by atoms with E-state index in [0.717, 1.165) is 56.4 Å². The third-order valence-electron chi connectivity index (χ3n) is 8.49. The van der Waals surface area contributed by atoms with Gasteiger partial charge >= 0.3 is 0 Å². The number of nitrogens with zero attached hydrogens (tertiary/aromatic N) is 1. The maximum Gasteiger partial charge on any atom is 0.253 e. The van der Waals surface area contributed by atoms with Gasteiger partial charge in [0.2, 0.25) is 0 Å². The van der Waals surface area contributed by atoms with Crippen LogP contribution in [0, 0.1) is 0 Å². The largest absolute Gasteiger partial charge is 0.338 e. The van der Waals surface area contributed by atoms with E-state index in [4.69, 9.17) is 46.4 Å². The molecule has 0 aliphatic carbocycles. The Bertz CT molecular complexity index is 1390. The second kappa shape index (κ2) is 14.9. The molecule has 0 saturated carbocycles. The lowest BCUT2D eigenvalue weighted by atomic mass is 9.71. The van der Waals surface area contributed by atoms with Crippen LogP contribution in [-0.2, 0) is 10.8 Å². The van der Waals surface area contributed by atoms with Crippen LogP contribution in [0.5, 0.6) is 0 Å². The zero-order valence-electron chi connectivity index (χ0n) is 23.9. The number of carbonyl (C=O) groups excluding carboxylic acids is 1. The zero-order chi connectivity index (χ0) is 30.2. The van der Waals surface area contributed by atoms with Crippen LogP contribution in [0.2, 0.25) is 20.1 Å². The highest BCUT2D eigenvalue weighted by Gasteiger charge is 2.38. The quantitative estimate of drug-likeness (QED) is 0.260. The van der Waals surface area contributed by atoms with Crippen LogP contribution in [0.15, 0.2) is 92.0 Å². The topological polar surface area (TPSA) is 32.3 Å². The molecule has 2 aliphatic rings. The molecule has 3 aromatic carbocycles. The van der Waals surface area contributed by atoms with Gasteiger partial charge in [0.25, 0.3) is 5.91 Å². The Labute approximate surface area is 270 Å². The first-order valence-corrected chi connectivity index (χ1v) is 15.9. The van der Waals surface area contributed by atoms with Gasteiger partial charge in [-0.2, -0.15) is 0 Å². The van der Waals surface area contributed by atoms with Gasteiger partial charge < -0.3 is 10.2 Å². The van der Waals surface area contributed by atoms with Crippen molar-refractivity contribution in [1.82, 2.24) is 10.2 Å². The van der Waals surface area contributed by atoms with Crippen molar-refractivity contribution in [3.8, 4) is 0 Å². The standard InChI is InChI=1S/C21H21Cl2NO.C14H17Cl2N/c1-2-11-21(17-9-10-18(22)19(23)14-17)12-6-13-24(15-21)20(25)16-7-4-3-5-8-16;1-2-6-14(7-3-8-17-10-14)11-4-5-12(15)13(16)9-11/h2-5,7-10,14H,1,6,11-13,15H2;2,4-5,9,17H,1,3,6-8,10H2/t21-;14-/m00/s1. The summed E-state index contributed by atoms with van der Waals surface area (Å²) in [7, 11) is 0. The highest BCUT2D eigenvalue weighted by Crippen LogP contribution is 2.40. The van der Waals surface area contributed by atoms with Gasteiger partial charge in [0.15, 0.2) is 0 Å². The van der Waals surface area contributed by atoms with Crippen molar-refractivity contribution >= 4 is 52.3 Å². The van der Waals surface area contributed by atoms with E-state index < -0.39 is 0 Å². The van der Waals surface area contributed by atoms with E-state index in [2.05, 4.69) is 24.5 Å². The number of piperidine rings is 2. The second-order valence-electron chi connectivity index (χ2n) is 11.3. The summed E-state index contributed by atoms with van der Waals surface area (Å²) in [6, 6.07) is 21.2. The van der Waals surface area contributed by atoms with Gasteiger partial charge in [-0.15, -0.1) is 13.2 Å². The Morgan fingerprint density at radius 1 is 0.786 bits per heavy atom. The van der Waals surface area contributed by atoms with Crippen LogP contribution in [0.25, 0.3) is 0 Å². The lowest BCUT2D eigenvalue weighted by molar-refractivity contribution is 0.0637. The molecule has 3 aromatic rings. The van der Waals surface area contributed by atoms with E-state index in [-0.39, 0.29) is 16.7 Å². The molecule has 0 bridgehead atoms. The van der Waals surface area contributed by atoms with Crippen LogP contribution in [0.1, 0.15) is 60.0 Å². The molecular weight excluding hydrogens is 606 g/mol. The Balaban J connectivity index is 0.000000208. The first-order valence-electron chi connectivity index (χ1n) is 14.4. The number of carbonyl (C=O) groups is 1. The molecule has 42 heavy (non-hydrogen) atoms. The summed E-state index contributed by atoms with van der Waals surface area (Å²) in [5, 5.41) is 5.82. The molecule has 5 rings (SSSR count). The average molecular weight is 645 g/mol. The fraction of sp³-hybridized carbons (Fsp3) is 0.343. The van der Waals surface area contributed by atoms with Crippen molar-refractivity contribution in [3.63, 3.8) is 0 Å². The van der Waals surface area contributed by atoms with Gasteiger partial charge in [0.1, 0.15) is 0 Å². The highest BCUT2D eigenvalue weighted by atomic mass is 35.5. The Kier molecular flexibility index (Phi) is 11.6. The number of allylic oxidation sites excluding steroid dienone is 2. The molecule has 3 nitrogen and oxygen atoms in total. The monoisotopic (exact) mass is 642 g/mol. The number of benzene rings is 3. The maximum atomic E-state index is 12.9. The molecule has 2 saturated heterocycles. The molecule has 2 aliphatic heterocycles. The van der Waals surface area contributed by atoms with Crippen molar-refractivity contribution in [1.29, 1.82) is 0 Å². The van der Waals surface area contributed by atoms with E-state index in [1.54, 1.807) is 0 Å². The van der Waals surface area contributed by atoms with E-state index in [1.165, 1.54) is 18.4 Å². The minimum absolute atomic E-state index is 0.0776. The van der Waals surface area contributed by atoms with E-state index in [1.807, 2.05) is 77.7 Å². The van der Waals surface area contributed by atoms with Gasteiger partial charge in [-0.05, 0) is 92.6 Å². The number of rotatable bonds is 7. The van der Waals surface area contributed by atoms with E-state index in [0.29, 0.717) is 26.6 Å². The third-order valence-corrected chi connectivity index (χ3v) is 9.97. The smallest absolute Gasteiger partial charge is 0.253 e. The van der Waals surface area contributed by atoms with Gasteiger partial charge in [0, 0.05) is 36.0 Å². The summed E-state index contributed by atoms with van der Waals surface area (Å²) in [6.07, 6.45) is 10.00. The van der Waals surface area contributed by atoms with Crippen molar-refractivity contribution < 1.29 is 4.79 Å². The number of likely N-dealkylation sites (tertiary alicyclic amines) is 1. The van der Waals surface area contributed by atoms with Gasteiger partial charge in [-0.1, -0.05) is 88.9 Å². The molecular formula is C35H38Cl4N2O. The minimum Gasteiger partial charge on any atom is -0.338 e. The van der Waals surface area contributed by atoms with Crippen LogP contribution < -0.4 is 5.32 Å². The molecule has 2 fully saturated rings. The summed E-state index contributed by atoms with van der Waals surface area (Å²) in [6.45, 7) is 11.3. The van der Waals surface area contributed by atoms with Gasteiger partial charge in [-0.25, -0.2) is 0 Å². The number of hydrogen-bond donors (Lipinski definition) is 1. The van der Waals surface area contributed by atoms with Gasteiger partial charge in [0.05, 0.1) is 20.1 Å². The molecule has 2 heterocycles. The first-order chi connectivity index (χ1) is 20.2. The van der Waals surface area contributed by atoms with Crippen LogP contribution in [-0.4, -0.2) is 37.0 Å². The number of halogens is 4. The van der Waals surface area contributed by atoms with Crippen LogP contribution in [0.3, 0.4) is 0 Å². The molecule has 1 amide bonds. The van der Waals surface area contributed by atoms with Crippen LogP contribution in [0.4, 0.5) is 0 Å². The summed E-state index contributed by atoms with van der Waals surface area (Å²) >= 11 is 24.4. The van der Waals surface area contributed by atoms with Crippen molar-refractivity contribution in [2.45, 2.75) is 49.4 Å². The molecule has 2 atom stereocenters. The van der Waals surface area contributed by atoms with Gasteiger partial charge in [-0.3, -0.25) is 4.79 Å². The molecule has 0 unspecified atom stereocenters. The highest BCUT2D eigenvalue weighted by molar-refractivity contribution is 6.42. The number of amides is 1. The first kappa shape index (κ1) is 32.6. The number of hydrogen-bond acceptors (Lipinski definition) is 2. The Morgan fingerprint density at radius 2 is 1.36 bits per heavy atom. The maximum absolute atomic E-state index is 12.9. The molecule has 0 radical (unpaired) electrons. The summed E-state index contributed by atoms with van der Waals surface area (Å²) in [4.78, 5) is 14.8.